The Kier molecular flexibility index (Phi) is 6.03. The van der Waals surface area contributed by atoms with E-state index in [2.05, 4.69) is 20.1 Å². The van der Waals surface area contributed by atoms with Crippen molar-refractivity contribution in [3.63, 3.8) is 0 Å². The molecule has 0 unspecified atom stereocenters. The highest BCUT2D eigenvalue weighted by molar-refractivity contribution is 7.89. The minimum Gasteiger partial charge on any atom is -0.312 e. The lowest BCUT2D eigenvalue weighted by Crippen LogP contribution is -2.41. The summed E-state index contributed by atoms with van der Waals surface area (Å²) >= 11 is 0. The van der Waals surface area contributed by atoms with Crippen molar-refractivity contribution in [2.75, 3.05) is 25.4 Å². The molecule has 142 valence electrons. The minimum absolute atomic E-state index is 0. The number of halogens is 1. The van der Waals surface area contributed by atoms with Crippen molar-refractivity contribution in [1.82, 2.24) is 24.4 Å². The lowest BCUT2D eigenvalue weighted by atomic mass is 9.97. The Hall–Kier alpha value is -0.700. The first-order valence-corrected chi connectivity index (χ1v) is 10.8. The average molecular weight is 390 g/mol. The Morgan fingerprint density at radius 3 is 2.48 bits per heavy atom. The molecule has 1 aliphatic carbocycles. The molecule has 9 heteroatoms. The molecule has 1 aromatic rings. The summed E-state index contributed by atoms with van der Waals surface area (Å²) in [7, 11) is -3.10. The Balaban J connectivity index is 0.00000182. The maximum atomic E-state index is 12.7. The van der Waals surface area contributed by atoms with Crippen molar-refractivity contribution in [1.29, 1.82) is 0 Å². The van der Waals surface area contributed by atoms with Gasteiger partial charge in [0.25, 0.3) is 0 Å². The van der Waals surface area contributed by atoms with Crippen LogP contribution in [0.15, 0.2) is 0 Å². The third-order valence-corrected chi connectivity index (χ3v) is 7.83. The molecule has 0 amide bonds. The highest BCUT2D eigenvalue weighted by atomic mass is 35.5. The molecule has 7 nitrogen and oxygen atoms in total. The molecule has 1 saturated carbocycles. The summed E-state index contributed by atoms with van der Waals surface area (Å²) in [6.07, 6.45) is 6.25. The van der Waals surface area contributed by atoms with Gasteiger partial charge in [-0.15, -0.1) is 22.6 Å². The zero-order valence-electron chi connectivity index (χ0n) is 14.6. The van der Waals surface area contributed by atoms with E-state index in [1.54, 1.807) is 4.31 Å². The highest BCUT2D eigenvalue weighted by Crippen LogP contribution is 2.31. The van der Waals surface area contributed by atoms with E-state index in [1.165, 1.54) is 12.8 Å². The van der Waals surface area contributed by atoms with Crippen LogP contribution in [-0.2, 0) is 23.1 Å². The van der Waals surface area contributed by atoms with Gasteiger partial charge in [-0.2, -0.15) is 0 Å². The molecule has 2 aliphatic heterocycles. The average Bonchev–Trinajstić information content (AvgIpc) is 3.24. The SMILES string of the molecule is Cl.O=S(=O)(CC1CCCC1)N1CCC(c2nnc3n2CCNC3)CC1. The van der Waals surface area contributed by atoms with Crippen LogP contribution in [0.2, 0.25) is 0 Å². The number of fused-ring (bicyclic) bond motifs is 1. The van der Waals surface area contributed by atoms with E-state index in [4.69, 9.17) is 0 Å². The van der Waals surface area contributed by atoms with E-state index in [1.807, 2.05) is 0 Å². The predicted octanol–water partition coefficient (Wildman–Crippen LogP) is 1.50. The zero-order valence-corrected chi connectivity index (χ0v) is 16.2. The van der Waals surface area contributed by atoms with Crippen LogP contribution < -0.4 is 5.32 Å². The van der Waals surface area contributed by atoms with Gasteiger partial charge in [0, 0.05) is 32.1 Å². The maximum absolute atomic E-state index is 12.7. The van der Waals surface area contributed by atoms with Crippen molar-refractivity contribution < 1.29 is 8.42 Å². The fraction of sp³-hybridized carbons (Fsp3) is 0.875. The van der Waals surface area contributed by atoms with Gasteiger partial charge < -0.3 is 9.88 Å². The maximum Gasteiger partial charge on any atom is 0.214 e. The fourth-order valence-electron chi connectivity index (χ4n) is 4.39. The number of rotatable bonds is 4. The van der Waals surface area contributed by atoms with Gasteiger partial charge in [-0.3, -0.25) is 0 Å². The Morgan fingerprint density at radius 1 is 1.04 bits per heavy atom. The van der Waals surface area contributed by atoms with Gasteiger partial charge in [0.2, 0.25) is 10.0 Å². The number of nitrogens with zero attached hydrogens (tertiary/aromatic N) is 4. The number of sulfonamides is 1. The van der Waals surface area contributed by atoms with Crippen LogP contribution in [-0.4, -0.2) is 52.9 Å². The summed E-state index contributed by atoms with van der Waals surface area (Å²) in [5.41, 5.74) is 0. The first kappa shape index (κ1) is 19.1. The topological polar surface area (TPSA) is 80.1 Å². The Labute approximate surface area is 156 Å². The first-order chi connectivity index (χ1) is 11.6. The second-order valence-corrected chi connectivity index (χ2v) is 9.42. The Morgan fingerprint density at radius 2 is 1.76 bits per heavy atom. The Bertz CT molecular complexity index is 679. The van der Waals surface area contributed by atoms with E-state index >= 15 is 0 Å². The molecule has 25 heavy (non-hydrogen) atoms. The third-order valence-electron chi connectivity index (χ3n) is 5.78. The van der Waals surface area contributed by atoms with Crippen LogP contribution >= 0.6 is 12.4 Å². The molecule has 3 aliphatic rings. The highest BCUT2D eigenvalue weighted by Gasteiger charge is 2.33. The second-order valence-electron chi connectivity index (χ2n) is 7.41. The zero-order chi connectivity index (χ0) is 16.6. The van der Waals surface area contributed by atoms with E-state index in [0.717, 1.165) is 57.0 Å². The minimum atomic E-state index is -3.10. The fourth-order valence-corrected chi connectivity index (χ4v) is 6.30. The number of nitrogens with one attached hydrogen (secondary N) is 1. The molecule has 0 atom stereocenters. The molecule has 2 fully saturated rings. The summed E-state index contributed by atoms with van der Waals surface area (Å²) in [6, 6.07) is 0. The molecular formula is C16H28ClN5O2S. The second kappa shape index (κ2) is 7.90. The van der Waals surface area contributed by atoms with Gasteiger partial charge in [0.15, 0.2) is 0 Å². The quantitative estimate of drug-likeness (QED) is 0.844. The van der Waals surface area contributed by atoms with Gasteiger partial charge in [0.05, 0.1) is 12.3 Å². The van der Waals surface area contributed by atoms with E-state index in [-0.39, 0.29) is 12.4 Å². The van der Waals surface area contributed by atoms with E-state index < -0.39 is 10.0 Å². The molecule has 1 aromatic heterocycles. The van der Waals surface area contributed by atoms with Gasteiger partial charge in [-0.1, -0.05) is 12.8 Å². The molecule has 0 radical (unpaired) electrons. The molecule has 0 aromatic carbocycles. The molecule has 4 rings (SSSR count). The lowest BCUT2D eigenvalue weighted by Gasteiger charge is -2.32. The summed E-state index contributed by atoms with van der Waals surface area (Å²) in [5.74, 6) is 3.13. The first-order valence-electron chi connectivity index (χ1n) is 9.24. The van der Waals surface area contributed by atoms with Crippen LogP contribution in [0.1, 0.15) is 56.1 Å². The van der Waals surface area contributed by atoms with Crippen molar-refractivity contribution in [2.45, 2.75) is 57.5 Å². The normalized spacial score (nSPS) is 23.4. The molecule has 0 spiro atoms. The molecule has 1 saturated heterocycles. The third kappa shape index (κ3) is 4.02. The van der Waals surface area contributed by atoms with Crippen molar-refractivity contribution in [3.8, 4) is 0 Å². The molecular weight excluding hydrogens is 362 g/mol. The van der Waals surface area contributed by atoms with Crippen molar-refractivity contribution in [3.05, 3.63) is 11.6 Å². The van der Waals surface area contributed by atoms with Crippen LogP contribution in [0.25, 0.3) is 0 Å². The number of hydrogen-bond acceptors (Lipinski definition) is 5. The summed E-state index contributed by atoms with van der Waals surface area (Å²) < 4.78 is 29.2. The number of hydrogen-bond donors (Lipinski definition) is 1. The predicted molar refractivity (Wildman–Crippen MR) is 98.3 cm³/mol. The molecule has 3 heterocycles. The van der Waals surface area contributed by atoms with Crippen molar-refractivity contribution in [2.24, 2.45) is 5.92 Å². The van der Waals surface area contributed by atoms with Crippen LogP contribution in [0, 0.1) is 5.92 Å². The van der Waals surface area contributed by atoms with Gasteiger partial charge >= 0.3 is 0 Å². The van der Waals surface area contributed by atoms with Crippen molar-refractivity contribution >= 4 is 22.4 Å². The largest absolute Gasteiger partial charge is 0.312 e. The number of piperidine rings is 1. The van der Waals surface area contributed by atoms with Gasteiger partial charge in [-0.25, -0.2) is 12.7 Å². The summed E-state index contributed by atoms with van der Waals surface area (Å²) in [5, 5.41) is 12.0. The standard InChI is InChI=1S/C16H27N5O2S.ClH/c22-24(23,12-13-3-1-2-4-13)20-8-5-14(6-9-20)16-19-18-15-11-17-7-10-21(15)16;/h13-14,17H,1-12H2;1H. The summed E-state index contributed by atoms with van der Waals surface area (Å²) in [6.45, 7) is 3.90. The number of aromatic nitrogens is 3. The monoisotopic (exact) mass is 389 g/mol. The van der Waals surface area contributed by atoms with Gasteiger partial charge in [-0.05, 0) is 31.6 Å². The summed E-state index contributed by atoms with van der Waals surface area (Å²) in [4.78, 5) is 0. The van der Waals surface area contributed by atoms with E-state index in [0.29, 0.717) is 30.7 Å². The van der Waals surface area contributed by atoms with Crippen LogP contribution in [0.3, 0.4) is 0 Å². The van der Waals surface area contributed by atoms with Crippen LogP contribution in [0.5, 0.6) is 0 Å². The smallest absolute Gasteiger partial charge is 0.214 e. The lowest BCUT2D eigenvalue weighted by molar-refractivity contribution is 0.305. The van der Waals surface area contributed by atoms with Gasteiger partial charge in [0.1, 0.15) is 11.6 Å². The molecule has 1 N–H and O–H groups in total. The van der Waals surface area contributed by atoms with Crippen LogP contribution in [0.4, 0.5) is 0 Å². The van der Waals surface area contributed by atoms with E-state index in [9.17, 15) is 8.42 Å². The molecule has 0 bridgehead atoms.